The van der Waals surface area contributed by atoms with Crippen LogP contribution in [0.2, 0.25) is 0 Å². The van der Waals surface area contributed by atoms with Crippen LogP contribution in [-0.2, 0) is 19.6 Å². The minimum atomic E-state index is -4.01. The molecule has 7 nitrogen and oxygen atoms in total. The molecule has 0 saturated carbocycles. The van der Waals surface area contributed by atoms with E-state index in [1.54, 1.807) is 0 Å². The highest BCUT2D eigenvalue weighted by atomic mass is 79.9. The van der Waals surface area contributed by atoms with Crippen molar-refractivity contribution in [3.8, 4) is 0 Å². The molecule has 1 aromatic carbocycles. The zero-order valence-electron chi connectivity index (χ0n) is 10.6. The Morgan fingerprint density at radius 1 is 1.40 bits per heavy atom. The number of ether oxygens (including phenoxy) is 1. The molecule has 0 aromatic heterocycles. The van der Waals surface area contributed by atoms with E-state index in [0.717, 1.165) is 0 Å². The maximum absolute atomic E-state index is 12.0. The third-order valence-corrected chi connectivity index (χ3v) is 4.86. The van der Waals surface area contributed by atoms with Crippen molar-refractivity contribution in [3.63, 3.8) is 0 Å². The molecule has 0 fully saturated rings. The van der Waals surface area contributed by atoms with Crippen LogP contribution in [0.3, 0.4) is 0 Å². The fourth-order valence-electron chi connectivity index (χ4n) is 1.31. The van der Waals surface area contributed by atoms with E-state index in [2.05, 4.69) is 20.7 Å². The molecule has 1 rings (SSSR count). The minimum Gasteiger partial charge on any atom is -0.480 e. The first-order valence-electron chi connectivity index (χ1n) is 5.32. The maximum atomic E-state index is 12.0. The summed E-state index contributed by atoms with van der Waals surface area (Å²) < 4.78 is 30.6. The zero-order chi connectivity index (χ0) is 15.5. The molecule has 0 radical (unpaired) electrons. The molecule has 9 heteroatoms. The fourth-order valence-corrected chi connectivity index (χ4v) is 3.58. The number of carbonyl (C=O) groups excluding carboxylic acids is 1. The van der Waals surface area contributed by atoms with Gasteiger partial charge in [0.15, 0.2) is 0 Å². The van der Waals surface area contributed by atoms with Gasteiger partial charge < -0.3 is 9.84 Å². The number of aliphatic carboxylic acids is 1. The first kappa shape index (κ1) is 16.6. The van der Waals surface area contributed by atoms with Gasteiger partial charge in [-0.15, -0.1) is 0 Å². The number of sulfonamides is 1. The number of hydrogen-bond acceptors (Lipinski definition) is 5. The van der Waals surface area contributed by atoms with Crippen LogP contribution in [0.4, 0.5) is 0 Å². The Bertz CT molecular complexity index is 642. The van der Waals surface area contributed by atoms with E-state index >= 15 is 0 Å². The summed E-state index contributed by atoms with van der Waals surface area (Å²) in [6.07, 6.45) is 0. The summed E-state index contributed by atoms with van der Waals surface area (Å²) in [5.41, 5.74) is 0.171. The topological polar surface area (TPSA) is 110 Å². The Hall–Kier alpha value is -1.45. The lowest BCUT2D eigenvalue weighted by Gasteiger charge is -2.12. The molecule has 110 valence electrons. The zero-order valence-corrected chi connectivity index (χ0v) is 13.0. The molecule has 20 heavy (non-hydrogen) atoms. The van der Waals surface area contributed by atoms with Crippen LogP contribution in [-0.4, -0.2) is 38.6 Å². The molecule has 0 saturated heterocycles. The number of carbonyl (C=O) groups is 2. The summed E-state index contributed by atoms with van der Waals surface area (Å²) >= 11 is 3.03. The second kappa shape index (κ2) is 6.33. The largest absolute Gasteiger partial charge is 0.480 e. The number of rotatable bonds is 5. The van der Waals surface area contributed by atoms with Crippen LogP contribution in [0.25, 0.3) is 0 Å². The van der Waals surface area contributed by atoms with E-state index in [1.807, 2.05) is 4.72 Å². The number of methoxy groups -OCH3 is 1. The van der Waals surface area contributed by atoms with E-state index in [1.165, 1.54) is 32.2 Å². The van der Waals surface area contributed by atoms with Crippen LogP contribution in [0, 0.1) is 0 Å². The Morgan fingerprint density at radius 3 is 2.45 bits per heavy atom. The third kappa shape index (κ3) is 3.78. The molecule has 0 spiro atoms. The van der Waals surface area contributed by atoms with Crippen LogP contribution >= 0.6 is 15.9 Å². The SMILES string of the molecule is COC(=O)c1ccc(S(=O)(=O)N[C@H](C)C(=O)O)c(Br)c1. The predicted octanol–water partition coefficient (Wildman–Crippen LogP) is 0.987. The lowest BCUT2D eigenvalue weighted by Crippen LogP contribution is -2.38. The van der Waals surface area contributed by atoms with E-state index in [9.17, 15) is 18.0 Å². The summed E-state index contributed by atoms with van der Waals surface area (Å²) in [7, 11) is -2.81. The van der Waals surface area contributed by atoms with Gasteiger partial charge in [0.25, 0.3) is 0 Å². The monoisotopic (exact) mass is 365 g/mol. The minimum absolute atomic E-state index is 0.130. The van der Waals surface area contributed by atoms with Crippen molar-refractivity contribution in [3.05, 3.63) is 28.2 Å². The van der Waals surface area contributed by atoms with Gasteiger partial charge in [0.05, 0.1) is 17.6 Å². The van der Waals surface area contributed by atoms with Gasteiger partial charge >= 0.3 is 11.9 Å². The van der Waals surface area contributed by atoms with Crippen LogP contribution in [0.15, 0.2) is 27.6 Å². The molecule has 2 N–H and O–H groups in total. The van der Waals surface area contributed by atoms with Crippen molar-refractivity contribution in [2.45, 2.75) is 17.9 Å². The third-order valence-electron chi connectivity index (χ3n) is 2.34. The highest BCUT2D eigenvalue weighted by molar-refractivity contribution is 9.10. The van der Waals surface area contributed by atoms with Gasteiger partial charge in [-0.3, -0.25) is 4.79 Å². The van der Waals surface area contributed by atoms with E-state index in [0.29, 0.717) is 0 Å². The number of esters is 1. The summed E-state index contributed by atoms with van der Waals surface area (Å²) in [6.45, 7) is 1.20. The van der Waals surface area contributed by atoms with Crippen LogP contribution in [0.1, 0.15) is 17.3 Å². The fraction of sp³-hybridized carbons (Fsp3) is 0.273. The normalized spacial score (nSPS) is 12.8. The van der Waals surface area contributed by atoms with Gasteiger partial charge in [0, 0.05) is 4.47 Å². The molecule has 0 bridgehead atoms. The van der Waals surface area contributed by atoms with Crippen molar-refractivity contribution in [2.75, 3.05) is 7.11 Å². The Morgan fingerprint density at radius 2 is 2.00 bits per heavy atom. The Labute approximate surface area is 124 Å². The average Bonchev–Trinajstić information content (AvgIpc) is 2.36. The lowest BCUT2D eigenvalue weighted by atomic mass is 10.2. The van der Waals surface area contributed by atoms with Gasteiger partial charge in [-0.05, 0) is 41.1 Å². The van der Waals surface area contributed by atoms with Gasteiger partial charge in [0.2, 0.25) is 10.0 Å². The first-order chi connectivity index (χ1) is 9.19. The maximum Gasteiger partial charge on any atom is 0.337 e. The highest BCUT2D eigenvalue weighted by Crippen LogP contribution is 2.23. The first-order valence-corrected chi connectivity index (χ1v) is 7.59. The smallest absolute Gasteiger partial charge is 0.337 e. The number of hydrogen-bond donors (Lipinski definition) is 2. The number of carboxylic acid groups (broad SMARTS) is 1. The van der Waals surface area contributed by atoms with Crippen molar-refractivity contribution in [1.29, 1.82) is 0 Å². The van der Waals surface area contributed by atoms with Crippen LogP contribution in [0.5, 0.6) is 0 Å². The van der Waals surface area contributed by atoms with Crippen LogP contribution < -0.4 is 4.72 Å². The molecular formula is C11H12BrNO6S. The standard InChI is InChI=1S/C11H12BrNO6S/c1-6(10(14)15)13-20(17,18)9-4-3-7(5-8(9)12)11(16)19-2/h3-6,13H,1-2H3,(H,14,15)/t6-/m1/s1. The van der Waals surface area contributed by atoms with Crippen molar-refractivity contribution in [1.82, 2.24) is 4.72 Å². The molecule has 0 amide bonds. The quantitative estimate of drug-likeness (QED) is 0.752. The van der Waals surface area contributed by atoms with Crippen molar-refractivity contribution < 1.29 is 27.9 Å². The van der Waals surface area contributed by atoms with E-state index < -0.39 is 28.0 Å². The second-order valence-corrected chi connectivity index (χ2v) is 6.35. The highest BCUT2D eigenvalue weighted by Gasteiger charge is 2.24. The molecule has 0 aliphatic heterocycles. The molecule has 0 aliphatic rings. The van der Waals surface area contributed by atoms with Gasteiger partial charge in [-0.2, -0.15) is 4.72 Å². The van der Waals surface area contributed by atoms with E-state index in [-0.39, 0.29) is 14.9 Å². The Kier molecular flexibility index (Phi) is 5.26. The van der Waals surface area contributed by atoms with Gasteiger partial charge in [-0.1, -0.05) is 0 Å². The number of nitrogens with one attached hydrogen (secondary N) is 1. The van der Waals surface area contributed by atoms with Gasteiger partial charge in [0.1, 0.15) is 6.04 Å². The van der Waals surface area contributed by atoms with Crippen molar-refractivity contribution in [2.24, 2.45) is 0 Å². The summed E-state index contributed by atoms with van der Waals surface area (Å²) in [6, 6.07) is 2.47. The number of benzene rings is 1. The van der Waals surface area contributed by atoms with E-state index in [4.69, 9.17) is 5.11 Å². The average molecular weight is 366 g/mol. The number of halogens is 1. The molecule has 0 aliphatic carbocycles. The van der Waals surface area contributed by atoms with Gasteiger partial charge in [-0.25, -0.2) is 13.2 Å². The molecule has 0 heterocycles. The molecule has 1 aromatic rings. The number of carboxylic acids is 1. The molecular weight excluding hydrogens is 354 g/mol. The predicted molar refractivity (Wildman–Crippen MR) is 72.9 cm³/mol. The lowest BCUT2D eigenvalue weighted by molar-refractivity contribution is -0.138. The van der Waals surface area contributed by atoms with Crippen molar-refractivity contribution >= 4 is 37.9 Å². The second-order valence-electron chi connectivity index (χ2n) is 3.82. The Balaban J connectivity index is 3.14. The molecule has 0 unspecified atom stereocenters. The molecule has 1 atom stereocenters. The summed E-state index contributed by atoms with van der Waals surface area (Å²) in [5.74, 6) is -1.91. The summed E-state index contributed by atoms with van der Waals surface area (Å²) in [4.78, 5) is 21.8. The summed E-state index contributed by atoms with van der Waals surface area (Å²) in [5, 5.41) is 8.71.